The smallest absolute Gasteiger partial charge is 0.251 e. The van der Waals surface area contributed by atoms with E-state index >= 15 is 0 Å². The molecule has 0 saturated heterocycles. The predicted molar refractivity (Wildman–Crippen MR) is 50.2 cm³/mol. The van der Waals surface area contributed by atoms with Gasteiger partial charge in [0, 0.05) is 11.1 Å². The third kappa shape index (κ3) is 2.52. The molecule has 4 heteroatoms. The van der Waals surface area contributed by atoms with E-state index < -0.39 is 0 Å². The Morgan fingerprint density at radius 2 is 1.86 bits per heavy atom. The standard InChI is InChI=1S/C10H9NO3/c12-6-5-11-10(14)9-3-1-8(7-13)2-4-9/h1-4,6-7H,5H2,(H,11,14). The number of aldehydes is 2. The highest BCUT2D eigenvalue weighted by atomic mass is 16.2. The first-order chi connectivity index (χ1) is 6.77. The molecule has 1 amide bonds. The van der Waals surface area contributed by atoms with Crippen LogP contribution in [0.1, 0.15) is 20.7 Å². The Labute approximate surface area is 80.9 Å². The average molecular weight is 191 g/mol. The lowest BCUT2D eigenvalue weighted by atomic mass is 10.1. The summed E-state index contributed by atoms with van der Waals surface area (Å²) in [6.07, 6.45) is 1.31. The fraction of sp³-hybridized carbons (Fsp3) is 0.100. The highest BCUT2D eigenvalue weighted by molar-refractivity contribution is 5.95. The molecule has 0 aromatic heterocycles. The Kier molecular flexibility index (Phi) is 3.55. The highest BCUT2D eigenvalue weighted by Gasteiger charge is 2.03. The molecule has 1 N–H and O–H groups in total. The lowest BCUT2D eigenvalue weighted by Crippen LogP contribution is -2.24. The quantitative estimate of drug-likeness (QED) is 0.702. The van der Waals surface area contributed by atoms with Crippen molar-refractivity contribution in [1.29, 1.82) is 0 Å². The van der Waals surface area contributed by atoms with Gasteiger partial charge in [-0.2, -0.15) is 0 Å². The molecule has 14 heavy (non-hydrogen) atoms. The van der Waals surface area contributed by atoms with Crippen molar-refractivity contribution < 1.29 is 14.4 Å². The van der Waals surface area contributed by atoms with Crippen molar-refractivity contribution in [2.75, 3.05) is 6.54 Å². The Bertz CT molecular complexity index is 343. The summed E-state index contributed by atoms with van der Waals surface area (Å²) < 4.78 is 0. The molecule has 0 bridgehead atoms. The fourth-order valence-corrected chi connectivity index (χ4v) is 0.949. The summed E-state index contributed by atoms with van der Waals surface area (Å²) in [6, 6.07) is 6.15. The van der Waals surface area contributed by atoms with Crippen molar-refractivity contribution in [1.82, 2.24) is 5.32 Å². The van der Waals surface area contributed by atoms with E-state index in [9.17, 15) is 14.4 Å². The number of amides is 1. The molecule has 4 nitrogen and oxygen atoms in total. The normalized spacial score (nSPS) is 9.14. The third-order valence-electron chi connectivity index (χ3n) is 1.65. The number of carbonyl (C=O) groups is 3. The predicted octanol–water partition coefficient (Wildman–Crippen LogP) is 0.428. The Hall–Kier alpha value is -1.97. The molecule has 1 aromatic rings. The second-order valence-electron chi connectivity index (χ2n) is 2.62. The molecule has 0 spiro atoms. The maximum Gasteiger partial charge on any atom is 0.251 e. The minimum Gasteiger partial charge on any atom is -0.345 e. The zero-order valence-corrected chi connectivity index (χ0v) is 7.40. The van der Waals surface area contributed by atoms with Crippen LogP contribution in [-0.4, -0.2) is 25.0 Å². The van der Waals surface area contributed by atoms with Gasteiger partial charge in [0.1, 0.15) is 12.6 Å². The van der Waals surface area contributed by atoms with Gasteiger partial charge in [-0.05, 0) is 12.1 Å². The second kappa shape index (κ2) is 4.91. The minimum atomic E-state index is -0.324. The molecule has 72 valence electrons. The lowest BCUT2D eigenvalue weighted by molar-refractivity contribution is -0.107. The monoisotopic (exact) mass is 191 g/mol. The Morgan fingerprint density at radius 3 is 2.36 bits per heavy atom. The van der Waals surface area contributed by atoms with Gasteiger partial charge in [0.05, 0.1) is 6.54 Å². The molecule has 0 aliphatic heterocycles. The zero-order valence-electron chi connectivity index (χ0n) is 7.40. The van der Waals surface area contributed by atoms with Gasteiger partial charge in [0.2, 0.25) is 0 Å². The van der Waals surface area contributed by atoms with E-state index in [1.54, 1.807) is 12.1 Å². The van der Waals surface area contributed by atoms with E-state index in [1.807, 2.05) is 0 Å². The van der Waals surface area contributed by atoms with E-state index in [0.717, 1.165) is 0 Å². The summed E-state index contributed by atoms with van der Waals surface area (Å²) in [5.74, 6) is -0.324. The van der Waals surface area contributed by atoms with Gasteiger partial charge < -0.3 is 10.1 Å². The van der Waals surface area contributed by atoms with E-state index in [1.165, 1.54) is 12.1 Å². The van der Waals surface area contributed by atoms with Gasteiger partial charge in [-0.15, -0.1) is 0 Å². The molecule has 1 aromatic carbocycles. The van der Waals surface area contributed by atoms with Crippen LogP contribution in [0.15, 0.2) is 24.3 Å². The van der Waals surface area contributed by atoms with Crippen LogP contribution in [0.3, 0.4) is 0 Å². The molecule has 0 atom stereocenters. The molecular formula is C10H9NO3. The first-order valence-electron chi connectivity index (χ1n) is 4.05. The maximum absolute atomic E-state index is 11.2. The molecule has 0 heterocycles. The lowest BCUT2D eigenvalue weighted by Gasteiger charge is -2.00. The van der Waals surface area contributed by atoms with Gasteiger partial charge in [-0.3, -0.25) is 9.59 Å². The molecule has 0 fully saturated rings. The van der Waals surface area contributed by atoms with Crippen molar-refractivity contribution >= 4 is 18.5 Å². The van der Waals surface area contributed by atoms with Crippen LogP contribution in [0.25, 0.3) is 0 Å². The second-order valence-corrected chi connectivity index (χ2v) is 2.62. The van der Waals surface area contributed by atoms with Crippen molar-refractivity contribution in [3.05, 3.63) is 35.4 Å². The van der Waals surface area contributed by atoms with Crippen LogP contribution in [0.5, 0.6) is 0 Å². The SMILES string of the molecule is O=CCNC(=O)c1ccc(C=O)cc1. The largest absolute Gasteiger partial charge is 0.345 e. The number of nitrogens with one attached hydrogen (secondary N) is 1. The van der Waals surface area contributed by atoms with E-state index in [2.05, 4.69) is 5.32 Å². The first-order valence-corrected chi connectivity index (χ1v) is 4.05. The van der Waals surface area contributed by atoms with Crippen molar-refractivity contribution in [3.63, 3.8) is 0 Å². The summed E-state index contributed by atoms with van der Waals surface area (Å²) in [5, 5.41) is 2.39. The van der Waals surface area contributed by atoms with Crippen LogP contribution in [0.2, 0.25) is 0 Å². The zero-order chi connectivity index (χ0) is 10.4. The van der Waals surface area contributed by atoms with Gasteiger partial charge >= 0.3 is 0 Å². The summed E-state index contributed by atoms with van der Waals surface area (Å²) in [7, 11) is 0. The third-order valence-corrected chi connectivity index (χ3v) is 1.65. The number of carbonyl (C=O) groups excluding carboxylic acids is 3. The Morgan fingerprint density at radius 1 is 1.21 bits per heavy atom. The van der Waals surface area contributed by atoms with Gasteiger partial charge in [-0.25, -0.2) is 0 Å². The van der Waals surface area contributed by atoms with Crippen LogP contribution in [0, 0.1) is 0 Å². The van der Waals surface area contributed by atoms with Crippen LogP contribution in [0.4, 0.5) is 0 Å². The Balaban J connectivity index is 2.71. The van der Waals surface area contributed by atoms with Gasteiger partial charge in [0.25, 0.3) is 5.91 Å². The minimum absolute atomic E-state index is 0.00569. The molecule has 0 unspecified atom stereocenters. The highest BCUT2D eigenvalue weighted by Crippen LogP contribution is 2.01. The fourth-order valence-electron chi connectivity index (χ4n) is 0.949. The molecule has 0 aliphatic carbocycles. The first kappa shape index (κ1) is 10.1. The summed E-state index contributed by atoms with van der Waals surface area (Å²) >= 11 is 0. The number of hydrogen-bond acceptors (Lipinski definition) is 3. The topological polar surface area (TPSA) is 63.2 Å². The van der Waals surface area contributed by atoms with Gasteiger partial charge in [0.15, 0.2) is 0 Å². The molecular weight excluding hydrogens is 182 g/mol. The summed E-state index contributed by atoms with van der Waals surface area (Å²) in [4.78, 5) is 31.5. The average Bonchev–Trinajstić information content (AvgIpc) is 2.26. The van der Waals surface area contributed by atoms with Crippen LogP contribution < -0.4 is 5.32 Å². The van der Waals surface area contributed by atoms with E-state index in [4.69, 9.17) is 0 Å². The maximum atomic E-state index is 11.2. The molecule has 1 rings (SSSR count). The van der Waals surface area contributed by atoms with E-state index in [-0.39, 0.29) is 12.5 Å². The van der Waals surface area contributed by atoms with Crippen molar-refractivity contribution in [2.24, 2.45) is 0 Å². The summed E-state index contributed by atoms with van der Waals surface area (Å²) in [5.41, 5.74) is 0.939. The van der Waals surface area contributed by atoms with Crippen LogP contribution >= 0.6 is 0 Å². The van der Waals surface area contributed by atoms with Crippen molar-refractivity contribution in [2.45, 2.75) is 0 Å². The molecule has 0 aliphatic rings. The number of rotatable bonds is 4. The van der Waals surface area contributed by atoms with Crippen LogP contribution in [-0.2, 0) is 4.79 Å². The van der Waals surface area contributed by atoms with Crippen molar-refractivity contribution in [3.8, 4) is 0 Å². The van der Waals surface area contributed by atoms with Gasteiger partial charge in [-0.1, -0.05) is 12.1 Å². The molecule has 0 saturated carbocycles. The van der Waals surface area contributed by atoms with E-state index in [0.29, 0.717) is 23.7 Å². The number of hydrogen-bond donors (Lipinski definition) is 1. The number of benzene rings is 1. The molecule has 0 radical (unpaired) electrons. The summed E-state index contributed by atoms with van der Waals surface area (Å²) in [6.45, 7) is -0.00569.